The number of hydrogen-bond acceptors (Lipinski definition) is 2. The summed E-state index contributed by atoms with van der Waals surface area (Å²) in [4.78, 5) is 0. The van der Waals surface area contributed by atoms with E-state index >= 15 is 0 Å². The predicted octanol–water partition coefficient (Wildman–Crippen LogP) is 3.87. The number of thioether (sulfide) groups is 1. The summed E-state index contributed by atoms with van der Waals surface area (Å²) < 4.78 is 0. The molecule has 0 aliphatic rings. The van der Waals surface area contributed by atoms with Crippen molar-refractivity contribution in [3.8, 4) is 0 Å². The lowest BCUT2D eigenvalue weighted by molar-refractivity contribution is 0.768. The van der Waals surface area contributed by atoms with Crippen LogP contribution in [0, 0.1) is 5.92 Å². The van der Waals surface area contributed by atoms with Crippen LogP contribution in [0.1, 0.15) is 20.8 Å². The molecule has 0 heterocycles. The SMILES string of the molecule is CS/C=C(Cl)/C=C(N)\C=C(/C)C(C)C. The van der Waals surface area contributed by atoms with Gasteiger partial charge in [0.25, 0.3) is 0 Å². The summed E-state index contributed by atoms with van der Waals surface area (Å²) >= 11 is 7.46. The van der Waals surface area contributed by atoms with Crippen molar-refractivity contribution in [2.45, 2.75) is 20.8 Å². The van der Waals surface area contributed by atoms with Crippen LogP contribution in [0.2, 0.25) is 0 Å². The first-order valence-corrected chi connectivity index (χ1v) is 6.17. The summed E-state index contributed by atoms with van der Waals surface area (Å²) in [6.07, 6.45) is 5.69. The first-order chi connectivity index (χ1) is 6.47. The molecule has 14 heavy (non-hydrogen) atoms. The van der Waals surface area contributed by atoms with E-state index < -0.39 is 0 Å². The van der Waals surface area contributed by atoms with E-state index in [0.717, 1.165) is 0 Å². The van der Waals surface area contributed by atoms with Crippen molar-refractivity contribution in [3.05, 3.63) is 33.9 Å². The Hall–Kier alpha value is -0.340. The molecule has 0 rings (SSSR count). The lowest BCUT2D eigenvalue weighted by atomic mass is 10.0. The lowest BCUT2D eigenvalue weighted by Gasteiger charge is -2.04. The van der Waals surface area contributed by atoms with Gasteiger partial charge in [-0.2, -0.15) is 0 Å². The summed E-state index contributed by atoms with van der Waals surface area (Å²) in [6, 6.07) is 0. The van der Waals surface area contributed by atoms with Crippen molar-refractivity contribution in [3.63, 3.8) is 0 Å². The van der Waals surface area contributed by atoms with E-state index in [1.54, 1.807) is 17.8 Å². The zero-order valence-electron chi connectivity index (χ0n) is 9.17. The van der Waals surface area contributed by atoms with E-state index in [1.807, 2.05) is 17.7 Å². The molecule has 0 saturated heterocycles. The Morgan fingerprint density at radius 2 is 1.93 bits per heavy atom. The summed E-state index contributed by atoms with van der Waals surface area (Å²) in [5.74, 6) is 0.519. The van der Waals surface area contributed by atoms with Crippen LogP contribution in [0.25, 0.3) is 0 Å². The molecule has 3 heteroatoms. The summed E-state index contributed by atoms with van der Waals surface area (Å²) in [5, 5.41) is 2.52. The minimum absolute atomic E-state index is 0.519. The standard InChI is InChI=1S/C11H18ClNS/c1-8(2)9(3)5-11(13)6-10(12)7-14-4/h5-8H,13H2,1-4H3/b9-5+,10-7-,11-6+. The third kappa shape index (κ3) is 6.17. The monoisotopic (exact) mass is 231 g/mol. The molecule has 0 aliphatic carbocycles. The van der Waals surface area contributed by atoms with Gasteiger partial charge in [0.1, 0.15) is 0 Å². The highest BCUT2D eigenvalue weighted by Crippen LogP contribution is 2.13. The van der Waals surface area contributed by atoms with Gasteiger partial charge in [0, 0.05) is 10.7 Å². The fourth-order valence-corrected chi connectivity index (χ4v) is 1.46. The maximum Gasteiger partial charge on any atom is 0.0489 e. The quantitative estimate of drug-likeness (QED) is 0.744. The molecule has 0 radical (unpaired) electrons. The van der Waals surface area contributed by atoms with Crippen LogP contribution in [-0.4, -0.2) is 6.26 Å². The first kappa shape index (κ1) is 13.7. The summed E-state index contributed by atoms with van der Waals surface area (Å²) in [6.45, 7) is 6.34. The normalized spacial score (nSPS) is 15.1. The van der Waals surface area contributed by atoms with Gasteiger partial charge in [0.2, 0.25) is 0 Å². The number of allylic oxidation sites excluding steroid dienone is 4. The average Bonchev–Trinajstić information content (AvgIpc) is 2.03. The van der Waals surface area contributed by atoms with Crippen LogP contribution in [-0.2, 0) is 0 Å². The predicted molar refractivity (Wildman–Crippen MR) is 68.3 cm³/mol. The topological polar surface area (TPSA) is 26.0 Å². The van der Waals surface area contributed by atoms with Crippen LogP contribution in [0.4, 0.5) is 0 Å². The van der Waals surface area contributed by atoms with Gasteiger partial charge in [-0.15, -0.1) is 11.8 Å². The zero-order chi connectivity index (χ0) is 11.1. The fraction of sp³-hybridized carbons (Fsp3) is 0.455. The van der Waals surface area contributed by atoms with Crippen LogP contribution in [0.5, 0.6) is 0 Å². The van der Waals surface area contributed by atoms with Crippen molar-refractivity contribution in [2.24, 2.45) is 11.7 Å². The number of hydrogen-bond donors (Lipinski definition) is 1. The number of halogens is 1. The Morgan fingerprint density at radius 3 is 2.36 bits per heavy atom. The highest BCUT2D eigenvalue weighted by Gasteiger charge is 1.96. The van der Waals surface area contributed by atoms with E-state index in [1.165, 1.54) is 5.57 Å². The van der Waals surface area contributed by atoms with Crippen LogP contribution in [0.3, 0.4) is 0 Å². The maximum absolute atomic E-state index is 5.89. The minimum Gasteiger partial charge on any atom is -0.399 e. The van der Waals surface area contributed by atoms with Crippen molar-refractivity contribution in [1.82, 2.24) is 0 Å². The average molecular weight is 232 g/mol. The molecule has 0 bridgehead atoms. The number of rotatable bonds is 4. The second kappa shape index (κ2) is 7.02. The third-order valence-electron chi connectivity index (χ3n) is 1.84. The third-order valence-corrected chi connectivity index (χ3v) is 2.68. The Labute approximate surface area is 96.1 Å². The van der Waals surface area contributed by atoms with Gasteiger partial charge in [-0.3, -0.25) is 0 Å². The van der Waals surface area contributed by atoms with Gasteiger partial charge in [-0.05, 0) is 36.7 Å². The largest absolute Gasteiger partial charge is 0.399 e. The van der Waals surface area contributed by atoms with Gasteiger partial charge in [0.15, 0.2) is 0 Å². The van der Waals surface area contributed by atoms with E-state index in [2.05, 4.69) is 20.8 Å². The molecule has 0 aromatic heterocycles. The van der Waals surface area contributed by atoms with E-state index in [0.29, 0.717) is 16.6 Å². The van der Waals surface area contributed by atoms with Gasteiger partial charge in [-0.25, -0.2) is 0 Å². The molecule has 0 unspecified atom stereocenters. The Balaban J connectivity index is 4.55. The lowest BCUT2D eigenvalue weighted by Crippen LogP contribution is -1.97. The molecule has 1 nitrogen and oxygen atoms in total. The van der Waals surface area contributed by atoms with Crippen molar-refractivity contribution in [2.75, 3.05) is 6.26 Å². The molecule has 0 spiro atoms. The van der Waals surface area contributed by atoms with Crippen LogP contribution in [0.15, 0.2) is 33.9 Å². The second-order valence-corrected chi connectivity index (χ2v) is 4.57. The molecule has 2 N–H and O–H groups in total. The Bertz CT molecular complexity index is 264. The minimum atomic E-state index is 0.519. The number of nitrogens with two attached hydrogens (primary N) is 1. The van der Waals surface area contributed by atoms with Crippen LogP contribution >= 0.6 is 23.4 Å². The van der Waals surface area contributed by atoms with Crippen molar-refractivity contribution >= 4 is 23.4 Å². The van der Waals surface area contributed by atoms with E-state index in [4.69, 9.17) is 17.3 Å². The highest BCUT2D eigenvalue weighted by atomic mass is 35.5. The molecule has 0 saturated carbocycles. The summed E-state index contributed by atoms with van der Waals surface area (Å²) in [5.41, 5.74) is 7.75. The summed E-state index contributed by atoms with van der Waals surface area (Å²) in [7, 11) is 0. The van der Waals surface area contributed by atoms with Crippen molar-refractivity contribution < 1.29 is 0 Å². The van der Waals surface area contributed by atoms with Gasteiger partial charge >= 0.3 is 0 Å². The fourth-order valence-electron chi connectivity index (χ4n) is 0.777. The van der Waals surface area contributed by atoms with Gasteiger partial charge in [-0.1, -0.05) is 31.0 Å². The molecular weight excluding hydrogens is 214 g/mol. The maximum atomic E-state index is 5.89. The molecule has 0 atom stereocenters. The molecule has 0 aromatic carbocycles. The Morgan fingerprint density at radius 1 is 1.36 bits per heavy atom. The molecule has 0 aromatic rings. The smallest absolute Gasteiger partial charge is 0.0489 e. The molecule has 0 fully saturated rings. The van der Waals surface area contributed by atoms with Crippen LogP contribution < -0.4 is 5.73 Å². The highest BCUT2D eigenvalue weighted by molar-refractivity contribution is 8.01. The second-order valence-electron chi connectivity index (χ2n) is 3.43. The molecule has 0 amide bonds. The van der Waals surface area contributed by atoms with Gasteiger partial charge in [0.05, 0.1) is 0 Å². The zero-order valence-corrected chi connectivity index (χ0v) is 10.7. The molecule has 80 valence electrons. The van der Waals surface area contributed by atoms with E-state index in [-0.39, 0.29) is 0 Å². The Kier molecular flexibility index (Phi) is 6.85. The first-order valence-electron chi connectivity index (χ1n) is 4.51. The van der Waals surface area contributed by atoms with Crippen molar-refractivity contribution in [1.29, 1.82) is 0 Å². The molecule has 0 aliphatic heterocycles. The molecular formula is C11H18ClNS. The van der Waals surface area contributed by atoms with E-state index in [9.17, 15) is 0 Å². The van der Waals surface area contributed by atoms with Gasteiger partial charge < -0.3 is 5.73 Å².